The Labute approximate surface area is 160 Å². The third-order valence-electron chi connectivity index (χ3n) is 4.71. The van der Waals surface area contributed by atoms with Crippen LogP contribution in [0.3, 0.4) is 0 Å². The van der Waals surface area contributed by atoms with Crippen molar-refractivity contribution in [3.63, 3.8) is 0 Å². The van der Waals surface area contributed by atoms with Gasteiger partial charge in [0, 0.05) is 11.6 Å². The topological polar surface area (TPSA) is 41.6 Å². The van der Waals surface area contributed by atoms with E-state index >= 15 is 0 Å². The van der Waals surface area contributed by atoms with Gasteiger partial charge in [-0.3, -0.25) is 0 Å². The molecule has 1 heterocycles. The summed E-state index contributed by atoms with van der Waals surface area (Å²) in [6.45, 7) is 3.21. The molecule has 1 aliphatic heterocycles. The summed E-state index contributed by atoms with van der Waals surface area (Å²) >= 11 is 6.43. The van der Waals surface area contributed by atoms with Gasteiger partial charge in [0.1, 0.15) is 5.75 Å². The number of nitrogens with one attached hydrogen (secondary N) is 1. The van der Waals surface area contributed by atoms with Gasteiger partial charge >= 0.3 is 6.03 Å². The number of carbonyl (C=O) groups excluding carboxylic acids is 1. The molecule has 2 amide bonds. The smallest absolute Gasteiger partial charge is 0.322 e. The molecule has 4 nitrogen and oxygen atoms in total. The maximum atomic E-state index is 13.1. The van der Waals surface area contributed by atoms with Gasteiger partial charge in [0.15, 0.2) is 0 Å². The van der Waals surface area contributed by atoms with Crippen molar-refractivity contribution in [2.75, 3.05) is 18.5 Å². The molecule has 2 aromatic carbocycles. The number of benzene rings is 2. The van der Waals surface area contributed by atoms with Crippen LogP contribution in [0.15, 0.2) is 48.5 Å². The maximum absolute atomic E-state index is 13.1. The highest BCUT2D eigenvalue weighted by molar-refractivity contribution is 6.31. The van der Waals surface area contributed by atoms with Crippen molar-refractivity contribution in [1.29, 1.82) is 0 Å². The minimum absolute atomic E-state index is 0.00884. The van der Waals surface area contributed by atoms with Gasteiger partial charge in [0.05, 0.1) is 18.3 Å². The van der Waals surface area contributed by atoms with E-state index in [0.717, 1.165) is 37.8 Å². The van der Waals surface area contributed by atoms with Crippen LogP contribution >= 0.6 is 11.6 Å². The number of hydrogen-bond donors (Lipinski definition) is 1. The van der Waals surface area contributed by atoms with Crippen LogP contribution in [0, 0.1) is 0 Å². The van der Waals surface area contributed by atoms with Crippen LogP contribution in [-0.4, -0.2) is 24.1 Å². The molecule has 0 spiro atoms. The van der Waals surface area contributed by atoms with Gasteiger partial charge in [0.25, 0.3) is 0 Å². The average Bonchev–Trinajstić information content (AvgIpc) is 2.90. The van der Waals surface area contributed by atoms with Gasteiger partial charge in [-0.25, -0.2) is 4.79 Å². The summed E-state index contributed by atoms with van der Waals surface area (Å²) in [7, 11) is 0. The van der Waals surface area contributed by atoms with Gasteiger partial charge in [0.2, 0.25) is 0 Å². The molecular weight excluding hydrogens is 348 g/mol. The Hall–Kier alpha value is -2.20. The number of carbonyl (C=O) groups is 1. The minimum Gasteiger partial charge on any atom is -0.492 e. The summed E-state index contributed by atoms with van der Waals surface area (Å²) in [5, 5.41) is 3.75. The highest BCUT2D eigenvalue weighted by Crippen LogP contribution is 2.35. The molecule has 0 radical (unpaired) electrons. The van der Waals surface area contributed by atoms with Crippen molar-refractivity contribution in [2.45, 2.75) is 38.6 Å². The van der Waals surface area contributed by atoms with E-state index in [1.165, 1.54) is 0 Å². The molecule has 138 valence electrons. The van der Waals surface area contributed by atoms with Crippen LogP contribution in [0.1, 0.15) is 44.2 Å². The van der Waals surface area contributed by atoms with E-state index in [2.05, 4.69) is 5.32 Å². The zero-order chi connectivity index (χ0) is 18.4. The second-order valence-corrected chi connectivity index (χ2v) is 6.85. The first-order chi connectivity index (χ1) is 12.7. The summed E-state index contributed by atoms with van der Waals surface area (Å²) in [6.07, 6.45) is 4.14. The number of ether oxygens (including phenoxy) is 1. The Balaban J connectivity index is 1.84. The monoisotopic (exact) mass is 372 g/mol. The van der Waals surface area contributed by atoms with Crippen molar-refractivity contribution >= 4 is 23.3 Å². The van der Waals surface area contributed by atoms with Crippen LogP contribution in [0.5, 0.6) is 5.75 Å². The van der Waals surface area contributed by atoms with E-state index in [4.69, 9.17) is 16.3 Å². The number of nitrogens with zero attached hydrogens (tertiary/aromatic N) is 1. The summed E-state index contributed by atoms with van der Waals surface area (Å²) in [5.74, 6) is 0.687. The molecule has 26 heavy (non-hydrogen) atoms. The molecule has 0 saturated carbocycles. The number of anilines is 1. The fraction of sp³-hybridized carbons (Fsp3) is 0.381. The predicted molar refractivity (Wildman–Crippen MR) is 106 cm³/mol. The Kier molecular flexibility index (Phi) is 6.40. The lowest BCUT2D eigenvalue weighted by molar-refractivity contribution is 0.189. The van der Waals surface area contributed by atoms with E-state index in [1.54, 1.807) is 0 Å². The number of amides is 2. The van der Waals surface area contributed by atoms with E-state index < -0.39 is 0 Å². The Morgan fingerprint density at radius 1 is 1.15 bits per heavy atom. The van der Waals surface area contributed by atoms with Crippen LogP contribution in [-0.2, 0) is 0 Å². The second kappa shape index (κ2) is 8.95. The largest absolute Gasteiger partial charge is 0.492 e. The molecule has 3 rings (SSSR count). The number of halogens is 1. The average molecular weight is 373 g/mol. The van der Waals surface area contributed by atoms with E-state index in [0.29, 0.717) is 23.1 Å². The molecule has 0 aromatic heterocycles. The third-order valence-corrected chi connectivity index (χ3v) is 5.05. The Morgan fingerprint density at radius 2 is 1.92 bits per heavy atom. The molecule has 0 unspecified atom stereocenters. The Bertz CT molecular complexity index is 750. The minimum atomic E-state index is -0.107. The summed E-state index contributed by atoms with van der Waals surface area (Å²) < 4.78 is 5.63. The number of likely N-dealkylation sites (tertiary alicyclic amines) is 1. The number of rotatable bonds is 4. The van der Waals surface area contributed by atoms with Crippen LogP contribution in [0.2, 0.25) is 5.02 Å². The maximum Gasteiger partial charge on any atom is 0.322 e. The van der Waals surface area contributed by atoms with Gasteiger partial charge in [-0.05, 0) is 43.5 Å². The number of hydrogen-bond acceptors (Lipinski definition) is 2. The van der Waals surface area contributed by atoms with Crippen LogP contribution in [0.4, 0.5) is 10.5 Å². The molecule has 1 fully saturated rings. The molecule has 0 bridgehead atoms. The summed E-state index contributed by atoms with van der Waals surface area (Å²) in [4.78, 5) is 15.0. The van der Waals surface area contributed by atoms with Crippen molar-refractivity contribution in [3.05, 3.63) is 59.1 Å². The fourth-order valence-corrected chi connectivity index (χ4v) is 3.72. The Morgan fingerprint density at radius 3 is 2.73 bits per heavy atom. The summed E-state index contributed by atoms with van der Waals surface area (Å²) in [6, 6.07) is 15.2. The number of para-hydroxylation sites is 2. The van der Waals surface area contributed by atoms with E-state index in [-0.39, 0.29) is 12.1 Å². The molecule has 1 atom stereocenters. The highest BCUT2D eigenvalue weighted by Gasteiger charge is 2.28. The second-order valence-electron chi connectivity index (χ2n) is 6.44. The molecule has 5 heteroatoms. The van der Waals surface area contributed by atoms with Crippen molar-refractivity contribution in [2.24, 2.45) is 0 Å². The zero-order valence-electron chi connectivity index (χ0n) is 15.1. The lowest BCUT2D eigenvalue weighted by Crippen LogP contribution is -2.38. The third kappa shape index (κ3) is 4.31. The van der Waals surface area contributed by atoms with Gasteiger partial charge < -0.3 is 15.0 Å². The molecule has 1 aliphatic rings. The molecule has 0 aliphatic carbocycles. The van der Waals surface area contributed by atoms with Gasteiger partial charge in [-0.1, -0.05) is 54.8 Å². The van der Waals surface area contributed by atoms with Gasteiger partial charge in [-0.2, -0.15) is 0 Å². The molecule has 2 aromatic rings. The predicted octanol–water partition coefficient (Wildman–Crippen LogP) is 5.89. The molecular formula is C21H25ClN2O2. The van der Waals surface area contributed by atoms with Crippen molar-refractivity contribution in [1.82, 2.24) is 4.90 Å². The van der Waals surface area contributed by atoms with Crippen molar-refractivity contribution < 1.29 is 9.53 Å². The van der Waals surface area contributed by atoms with E-state index in [9.17, 15) is 4.79 Å². The first kappa shape index (κ1) is 18.6. The quantitative estimate of drug-likeness (QED) is 0.727. The zero-order valence-corrected chi connectivity index (χ0v) is 15.8. The summed E-state index contributed by atoms with van der Waals surface area (Å²) in [5.41, 5.74) is 1.71. The normalized spacial score (nSPS) is 17.5. The standard InChI is InChI=1S/C21H25ClN2O2/c1-2-26-20-14-8-7-12-18(20)23-21(25)24-15-9-3-4-13-19(24)16-10-5-6-11-17(16)22/h5-8,10-12,14,19H,2-4,9,13,15H2,1H3,(H,23,25)/t19-/m1/s1. The molecule has 1 saturated heterocycles. The SMILES string of the molecule is CCOc1ccccc1NC(=O)N1CCCCC[C@@H]1c1ccccc1Cl. The highest BCUT2D eigenvalue weighted by atomic mass is 35.5. The lowest BCUT2D eigenvalue weighted by Gasteiger charge is -2.31. The number of urea groups is 1. The van der Waals surface area contributed by atoms with E-state index in [1.807, 2.05) is 60.4 Å². The first-order valence-corrected chi connectivity index (χ1v) is 9.62. The van der Waals surface area contributed by atoms with Gasteiger partial charge in [-0.15, -0.1) is 0 Å². The fourth-order valence-electron chi connectivity index (χ4n) is 3.46. The first-order valence-electron chi connectivity index (χ1n) is 9.24. The molecule has 1 N–H and O–H groups in total. The lowest BCUT2D eigenvalue weighted by atomic mass is 10.0. The van der Waals surface area contributed by atoms with Crippen LogP contribution in [0.25, 0.3) is 0 Å². The van der Waals surface area contributed by atoms with Crippen molar-refractivity contribution in [3.8, 4) is 5.75 Å². The van der Waals surface area contributed by atoms with Crippen LogP contribution < -0.4 is 10.1 Å².